The van der Waals surface area contributed by atoms with Crippen molar-refractivity contribution >= 4 is 23.2 Å². The maximum Gasteiger partial charge on any atom is 0.313 e. The van der Waals surface area contributed by atoms with Crippen LogP contribution in [0.3, 0.4) is 0 Å². The molecule has 1 amide bonds. The highest BCUT2D eigenvalue weighted by molar-refractivity contribution is 7.09. The molecule has 2 saturated heterocycles. The Morgan fingerprint density at radius 2 is 2.29 bits per heavy atom. The molecule has 0 aliphatic carbocycles. The van der Waals surface area contributed by atoms with E-state index in [1.807, 2.05) is 6.92 Å². The van der Waals surface area contributed by atoms with Crippen molar-refractivity contribution in [1.29, 1.82) is 0 Å². The van der Waals surface area contributed by atoms with Gasteiger partial charge in [-0.1, -0.05) is 6.08 Å². The van der Waals surface area contributed by atoms with Crippen LogP contribution in [0.25, 0.3) is 0 Å². The summed E-state index contributed by atoms with van der Waals surface area (Å²) in [5, 5.41) is 9.78. The van der Waals surface area contributed by atoms with E-state index in [1.54, 1.807) is 27.8 Å². The Bertz CT molecular complexity index is 659. The summed E-state index contributed by atoms with van der Waals surface area (Å²) in [7, 11) is 0. The molecule has 2 aliphatic rings. The van der Waals surface area contributed by atoms with E-state index in [0.29, 0.717) is 39.0 Å². The van der Waals surface area contributed by atoms with Crippen LogP contribution in [0.5, 0.6) is 0 Å². The van der Waals surface area contributed by atoms with Gasteiger partial charge in [-0.05, 0) is 13.3 Å². The van der Waals surface area contributed by atoms with Crippen LogP contribution in [0.2, 0.25) is 0 Å². The van der Waals surface area contributed by atoms with Gasteiger partial charge in [-0.25, -0.2) is 4.98 Å². The molecule has 130 valence electrons. The predicted octanol–water partition coefficient (Wildman–Crippen LogP) is 1.42. The van der Waals surface area contributed by atoms with Gasteiger partial charge in [-0.15, -0.1) is 17.9 Å². The number of carbonyl (C=O) groups excluding carboxylic acids is 1. The van der Waals surface area contributed by atoms with Crippen LogP contribution in [-0.4, -0.2) is 64.5 Å². The third-order valence-corrected chi connectivity index (χ3v) is 6.25. The molecule has 0 saturated carbocycles. The molecular formula is C17H23N3O3S. The summed E-state index contributed by atoms with van der Waals surface area (Å²) in [4.78, 5) is 33.7. The third-order valence-electron chi connectivity index (χ3n) is 5.26. The van der Waals surface area contributed by atoms with E-state index in [4.69, 9.17) is 0 Å². The smallest absolute Gasteiger partial charge is 0.313 e. The summed E-state index contributed by atoms with van der Waals surface area (Å²) in [6.45, 7) is 8.45. The Morgan fingerprint density at radius 1 is 1.50 bits per heavy atom. The topological polar surface area (TPSA) is 73.7 Å². The maximum absolute atomic E-state index is 12.5. The number of carbonyl (C=O) groups is 2. The molecule has 7 heteroatoms. The van der Waals surface area contributed by atoms with Crippen molar-refractivity contribution in [3.8, 4) is 0 Å². The highest BCUT2D eigenvalue weighted by Gasteiger charge is 2.58. The van der Waals surface area contributed by atoms with Gasteiger partial charge in [0.2, 0.25) is 5.91 Å². The highest BCUT2D eigenvalue weighted by Crippen LogP contribution is 2.43. The van der Waals surface area contributed by atoms with Crippen molar-refractivity contribution in [2.24, 2.45) is 11.3 Å². The zero-order valence-electron chi connectivity index (χ0n) is 13.9. The van der Waals surface area contributed by atoms with Crippen molar-refractivity contribution in [3.63, 3.8) is 0 Å². The number of hydrogen-bond donors (Lipinski definition) is 1. The molecule has 2 atom stereocenters. The number of rotatable bonds is 6. The zero-order valence-corrected chi connectivity index (χ0v) is 14.7. The summed E-state index contributed by atoms with van der Waals surface area (Å²) in [5.74, 6) is -0.732. The van der Waals surface area contributed by atoms with Crippen molar-refractivity contribution in [2.45, 2.75) is 19.8 Å². The molecule has 0 radical (unpaired) electrons. The molecule has 3 rings (SSSR count). The van der Waals surface area contributed by atoms with E-state index in [-0.39, 0.29) is 11.8 Å². The van der Waals surface area contributed by atoms with E-state index >= 15 is 0 Å². The lowest BCUT2D eigenvalue weighted by molar-refractivity contribution is -0.149. The summed E-state index contributed by atoms with van der Waals surface area (Å²) in [6, 6.07) is 0. The molecule has 1 aromatic rings. The lowest BCUT2D eigenvalue weighted by atomic mass is 9.81. The minimum absolute atomic E-state index is 0.00374. The molecule has 6 nitrogen and oxygen atoms in total. The number of nitrogens with zero attached hydrogens (tertiary/aromatic N) is 3. The zero-order chi connectivity index (χ0) is 17.3. The maximum atomic E-state index is 12.5. The second kappa shape index (κ2) is 6.64. The first-order chi connectivity index (χ1) is 11.5. The van der Waals surface area contributed by atoms with Crippen LogP contribution in [0, 0.1) is 18.3 Å². The molecule has 3 heterocycles. The van der Waals surface area contributed by atoms with Crippen molar-refractivity contribution in [2.75, 3.05) is 32.7 Å². The van der Waals surface area contributed by atoms with Crippen LogP contribution in [0.1, 0.15) is 17.0 Å². The number of thiazole rings is 1. The molecule has 2 aliphatic heterocycles. The third kappa shape index (κ3) is 2.98. The summed E-state index contributed by atoms with van der Waals surface area (Å²) < 4.78 is 0. The van der Waals surface area contributed by atoms with Gasteiger partial charge in [0.05, 0.1) is 11.2 Å². The number of hydrogen-bond acceptors (Lipinski definition) is 5. The largest absolute Gasteiger partial charge is 0.481 e. The quantitative estimate of drug-likeness (QED) is 0.786. The van der Waals surface area contributed by atoms with Gasteiger partial charge < -0.3 is 10.0 Å². The van der Waals surface area contributed by atoms with Crippen molar-refractivity contribution in [3.05, 3.63) is 28.7 Å². The monoisotopic (exact) mass is 349 g/mol. The normalized spacial score (nSPS) is 26.5. The fraction of sp³-hybridized carbons (Fsp3) is 0.588. The van der Waals surface area contributed by atoms with E-state index in [2.05, 4.69) is 16.5 Å². The minimum Gasteiger partial charge on any atom is -0.481 e. The molecule has 0 spiro atoms. The fourth-order valence-electron chi connectivity index (χ4n) is 3.93. The van der Waals surface area contributed by atoms with Crippen molar-refractivity contribution in [1.82, 2.24) is 14.8 Å². The Hall–Kier alpha value is -1.73. The molecule has 0 bridgehead atoms. The van der Waals surface area contributed by atoms with Gasteiger partial charge >= 0.3 is 5.97 Å². The van der Waals surface area contributed by atoms with Gasteiger partial charge in [0.1, 0.15) is 5.41 Å². The summed E-state index contributed by atoms with van der Waals surface area (Å²) in [6.07, 6.45) is 2.90. The van der Waals surface area contributed by atoms with E-state index in [1.165, 1.54) is 0 Å². The molecule has 0 aromatic carbocycles. The number of likely N-dealkylation sites (tertiary alicyclic amines) is 2. The molecule has 1 aromatic heterocycles. The van der Waals surface area contributed by atoms with Gasteiger partial charge in [0.25, 0.3) is 0 Å². The number of aryl methyl sites for hydroxylation is 2. The highest BCUT2D eigenvalue weighted by atomic mass is 32.1. The van der Waals surface area contributed by atoms with Crippen LogP contribution in [-0.2, 0) is 16.0 Å². The van der Waals surface area contributed by atoms with E-state index < -0.39 is 11.4 Å². The summed E-state index contributed by atoms with van der Waals surface area (Å²) in [5.41, 5.74) is 1.95. The van der Waals surface area contributed by atoms with Crippen LogP contribution < -0.4 is 0 Å². The SMILES string of the molecule is C=CCN1C[C@@H]2CN(C(=O)CCc3scnc3C)C[C@]2(C(=O)O)C1. The molecule has 24 heavy (non-hydrogen) atoms. The van der Waals surface area contributed by atoms with Crippen LogP contribution >= 0.6 is 11.3 Å². The van der Waals surface area contributed by atoms with E-state index in [9.17, 15) is 14.7 Å². The first kappa shape index (κ1) is 17.1. The lowest BCUT2D eigenvalue weighted by Gasteiger charge is -2.25. The van der Waals surface area contributed by atoms with Gasteiger partial charge in [-0.3, -0.25) is 14.5 Å². The first-order valence-electron chi connectivity index (χ1n) is 8.19. The number of amides is 1. The number of aromatic nitrogens is 1. The first-order valence-corrected chi connectivity index (χ1v) is 9.07. The lowest BCUT2D eigenvalue weighted by Crippen LogP contribution is -2.42. The van der Waals surface area contributed by atoms with Crippen LogP contribution in [0.15, 0.2) is 18.2 Å². The van der Waals surface area contributed by atoms with Crippen LogP contribution in [0.4, 0.5) is 0 Å². The molecular weight excluding hydrogens is 326 g/mol. The average molecular weight is 349 g/mol. The number of carboxylic acid groups (broad SMARTS) is 1. The fourth-order valence-corrected chi connectivity index (χ4v) is 4.71. The molecule has 1 N–H and O–H groups in total. The Kier molecular flexibility index (Phi) is 4.73. The second-order valence-electron chi connectivity index (χ2n) is 6.78. The number of carboxylic acids is 1. The standard InChI is InChI=1S/C17H23N3O3S/c1-3-6-19-7-13-8-20(10-17(13,9-19)16(22)23)15(21)5-4-14-12(2)18-11-24-14/h3,11,13H,1,4-10H2,2H3,(H,22,23)/t13-,17-/m1/s1. The molecule has 0 unspecified atom stereocenters. The number of aliphatic carboxylic acids is 1. The van der Waals surface area contributed by atoms with Crippen molar-refractivity contribution < 1.29 is 14.7 Å². The Labute approximate surface area is 145 Å². The summed E-state index contributed by atoms with van der Waals surface area (Å²) >= 11 is 1.57. The van der Waals surface area contributed by atoms with Gasteiger partial charge in [-0.2, -0.15) is 0 Å². The predicted molar refractivity (Wildman–Crippen MR) is 91.9 cm³/mol. The average Bonchev–Trinajstić information content (AvgIpc) is 3.18. The minimum atomic E-state index is -0.820. The second-order valence-corrected chi connectivity index (χ2v) is 7.72. The van der Waals surface area contributed by atoms with E-state index in [0.717, 1.165) is 17.1 Å². The number of fused-ring (bicyclic) bond motifs is 1. The van der Waals surface area contributed by atoms with Gasteiger partial charge in [0.15, 0.2) is 0 Å². The Morgan fingerprint density at radius 3 is 2.88 bits per heavy atom. The Balaban J connectivity index is 1.63. The van der Waals surface area contributed by atoms with Gasteiger partial charge in [0, 0.05) is 49.9 Å². The molecule has 2 fully saturated rings.